The SMILES string of the molecule is O=C(CSc1cccc(C(F)(F)F)c1)N[C@H]1CCCNC1. The van der Waals surface area contributed by atoms with Crippen molar-refractivity contribution in [1.29, 1.82) is 0 Å². The van der Waals surface area contributed by atoms with Gasteiger partial charge < -0.3 is 10.6 Å². The second-order valence-corrected chi connectivity index (χ2v) is 5.97. The quantitative estimate of drug-likeness (QED) is 0.839. The predicted octanol–water partition coefficient (Wildman–Crippen LogP) is 2.67. The minimum atomic E-state index is -4.35. The lowest BCUT2D eigenvalue weighted by Gasteiger charge is -2.23. The molecular weight excluding hydrogens is 301 g/mol. The van der Waals surface area contributed by atoms with Crippen LogP contribution in [0.25, 0.3) is 0 Å². The number of amides is 1. The fraction of sp³-hybridized carbons (Fsp3) is 0.500. The molecule has 0 radical (unpaired) electrons. The average Bonchev–Trinajstić information content (AvgIpc) is 2.46. The third kappa shape index (κ3) is 5.24. The van der Waals surface area contributed by atoms with Crippen LogP contribution in [-0.2, 0) is 11.0 Å². The molecule has 0 bridgehead atoms. The van der Waals surface area contributed by atoms with Gasteiger partial charge in [-0.3, -0.25) is 4.79 Å². The first kappa shape index (κ1) is 16.2. The second kappa shape index (κ2) is 7.17. The molecule has 3 nitrogen and oxygen atoms in total. The zero-order valence-corrected chi connectivity index (χ0v) is 12.2. The van der Waals surface area contributed by atoms with Crippen LogP contribution in [0.5, 0.6) is 0 Å². The normalized spacial score (nSPS) is 19.3. The van der Waals surface area contributed by atoms with Crippen LogP contribution in [0, 0.1) is 0 Å². The van der Waals surface area contributed by atoms with Crippen molar-refractivity contribution in [3.63, 3.8) is 0 Å². The van der Waals surface area contributed by atoms with E-state index in [1.165, 1.54) is 6.07 Å². The van der Waals surface area contributed by atoms with Crippen LogP contribution in [0.1, 0.15) is 18.4 Å². The van der Waals surface area contributed by atoms with E-state index in [9.17, 15) is 18.0 Å². The van der Waals surface area contributed by atoms with Gasteiger partial charge in [0.05, 0.1) is 11.3 Å². The van der Waals surface area contributed by atoms with Crippen LogP contribution in [0.3, 0.4) is 0 Å². The van der Waals surface area contributed by atoms with Crippen molar-refractivity contribution >= 4 is 17.7 Å². The second-order valence-electron chi connectivity index (χ2n) is 4.93. The van der Waals surface area contributed by atoms with Gasteiger partial charge in [0.25, 0.3) is 0 Å². The maximum Gasteiger partial charge on any atom is 0.416 e. The summed E-state index contributed by atoms with van der Waals surface area (Å²) in [6.45, 7) is 1.71. The number of hydrogen-bond acceptors (Lipinski definition) is 3. The minimum Gasteiger partial charge on any atom is -0.351 e. The van der Waals surface area contributed by atoms with E-state index in [0.29, 0.717) is 4.90 Å². The Bertz CT molecular complexity index is 487. The Labute approximate surface area is 125 Å². The fourth-order valence-electron chi connectivity index (χ4n) is 2.16. The van der Waals surface area contributed by atoms with Crippen molar-refractivity contribution in [3.8, 4) is 0 Å². The molecule has 1 heterocycles. The van der Waals surface area contributed by atoms with Gasteiger partial charge in [-0.05, 0) is 37.6 Å². The van der Waals surface area contributed by atoms with E-state index < -0.39 is 11.7 Å². The molecule has 1 aromatic rings. The van der Waals surface area contributed by atoms with Crippen molar-refractivity contribution in [1.82, 2.24) is 10.6 Å². The fourth-order valence-corrected chi connectivity index (χ4v) is 2.92. The lowest BCUT2D eigenvalue weighted by molar-refractivity contribution is -0.137. The van der Waals surface area contributed by atoms with E-state index >= 15 is 0 Å². The molecule has 0 aromatic heterocycles. The Balaban J connectivity index is 1.83. The van der Waals surface area contributed by atoms with Crippen molar-refractivity contribution in [2.45, 2.75) is 30.0 Å². The van der Waals surface area contributed by atoms with Gasteiger partial charge >= 0.3 is 6.18 Å². The highest BCUT2D eigenvalue weighted by molar-refractivity contribution is 8.00. The molecule has 21 heavy (non-hydrogen) atoms. The number of nitrogens with one attached hydrogen (secondary N) is 2. The standard InChI is InChI=1S/C14H17F3N2OS/c15-14(16,17)10-3-1-5-12(7-10)21-9-13(20)19-11-4-2-6-18-8-11/h1,3,5,7,11,18H,2,4,6,8-9H2,(H,19,20)/t11-/m0/s1. The summed E-state index contributed by atoms with van der Waals surface area (Å²) in [4.78, 5) is 12.2. The maximum absolute atomic E-state index is 12.6. The maximum atomic E-state index is 12.6. The van der Waals surface area contributed by atoms with Crippen molar-refractivity contribution in [2.75, 3.05) is 18.8 Å². The number of carbonyl (C=O) groups is 1. The molecule has 1 saturated heterocycles. The van der Waals surface area contributed by atoms with Gasteiger partial charge in [-0.15, -0.1) is 11.8 Å². The first-order chi connectivity index (χ1) is 9.95. The number of carbonyl (C=O) groups excluding carboxylic acids is 1. The van der Waals surface area contributed by atoms with Crippen LogP contribution in [0.2, 0.25) is 0 Å². The molecule has 0 aliphatic carbocycles. The monoisotopic (exact) mass is 318 g/mol. The molecule has 1 aliphatic heterocycles. The Morgan fingerprint density at radius 3 is 2.90 bits per heavy atom. The summed E-state index contributed by atoms with van der Waals surface area (Å²) in [5, 5.41) is 6.08. The topological polar surface area (TPSA) is 41.1 Å². The van der Waals surface area contributed by atoms with Gasteiger partial charge in [-0.25, -0.2) is 0 Å². The molecule has 1 aromatic carbocycles. The highest BCUT2D eigenvalue weighted by Crippen LogP contribution is 2.31. The number of benzene rings is 1. The molecule has 0 saturated carbocycles. The lowest BCUT2D eigenvalue weighted by atomic mass is 10.1. The van der Waals surface area contributed by atoms with Gasteiger partial charge in [0.15, 0.2) is 0 Å². The number of halogens is 3. The summed E-state index contributed by atoms with van der Waals surface area (Å²) < 4.78 is 37.7. The average molecular weight is 318 g/mol. The van der Waals surface area contributed by atoms with Crippen LogP contribution in [-0.4, -0.2) is 30.8 Å². The third-order valence-corrected chi connectivity index (χ3v) is 4.19. The van der Waals surface area contributed by atoms with Crippen LogP contribution < -0.4 is 10.6 Å². The first-order valence-corrected chi connectivity index (χ1v) is 7.74. The van der Waals surface area contributed by atoms with E-state index in [4.69, 9.17) is 0 Å². The molecule has 2 rings (SSSR count). The Kier molecular flexibility index (Phi) is 5.52. The van der Waals surface area contributed by atoms with Gasteiger partial charge in [-0.2, -0.15) is 13.2 Å². The van der Waals surface area contributed by atoms with Crippen molar-refractivity contribution in [2.24, 2.45) is 0 Å². The Hall–Kier alpha value is -1.21. The summed E-state index contributed by atoms with van der Waals surface area (Å²) >= 11 is 1.11. The van der Waals surface area contributed by atoms with Gasteiger partial charge in [-0.1, -0.05) is 6.07 Å². The van der Waals surface area contributed by atoms with Gasteiger partial charge in [0.1, 0.15) is 0 Å². The molecule has 116 valence electrons. The summed E-state index contributed by atoms with van der Waals surface area (Å²) in [7, 11) is 0. The lowest BCUT2D eigenvalue weighted by Crippen LogP contribution is -2.46. The number of thioether (sulfide) groups is 1. The van der Waals surface area contributed by atoms with Crippen LogP contribution >= 0.6 is 11.8 Å². The van der Waals surface area contributed by atoms with Crippen LogP contribution in [0.15, 0.2) is 29.2 Å². The first-order valence-electron chi connectivity index (χ1n) is 6.75. The van der Waals surface area contributed by atoms with Crippen LogP contribution in [0.4, 0.5) is 13.2 Å². The molecule has 1 aliphatic rings. The molecule has 2 N–H and O–H groups in total. The summed E-state index contributed by atoms with van der Waals surface area (Å²) in [5.74, 6) is -0.0243. The summed E-state index contributed by atoms with van der Waals surface area (Å²) in [6, 6.07) is 5.15. The number of alkyl halides is 3. The van der Waals surface area contributed by atoms with Gasteiger partial charge in [0.2, 0.25) is 5.91 Å². The van der Waals surface area contributed by atoms with E-state index in [2.05, 4.69) is 10.6 Å². The zero-order valence-electron chi connectivity index (χ0n) is 11.4. The van der Waals surface area contributed by atoms with Crippen molar-refractivity contribution < 1.29 is 18.0 Å². The molecule has 7 heteroatoms. The number of rotatable bonds is 4. The molecule has 1 amide bonds. The predicted molar refractivity (Wildman–Crippen MR) is 76.2 cm³/mol. The summed E-state index contributed by atoms with van der Waals surface area (Å²) in [5.41, 5.74) is -0.690. The van der Waals surface area contributed by atoms with E-state index in [0.717, 1.165) is 49.8 Å². The molecule has 0 spiro atoms. The Morgan fingerprint density at radius 2 is 2.24 bits per heavy atom. The highest BCUT2D eigenvalue weighted by atomic mass is 32.2. The highest BCUT2D eigenvalue weighted by Gasteiger charge is 2.30. The summed E-state index contributed by atoms with van der Waals surface area (Å²) in [6.07, 6.45) is -2.40. The van der Waals surface area contributed by atoms with Gasteiger partial charge in [0, 0.05) is 17.5 Å². The molecular formula is C14H17F3N2OS. The molecule has 0 unspecified atom stereocenters. The van der Waals surface area contributed by atoms with E-state index in [1.807, 2.05) is 0 Å². The Morgan fingerprint density at radius 1 is 1.43 bits per heavy atom. The number of piperidine rings is 1. The third-order valence-electron chi connectivity index (χ3n) is 3.19. The van der Waals surface area contributed by atoms with E-state index in [-0.39, 0.29) is 17.7 Å². The van der Waals surface area contributed by atoms with E-state index in [1.54, 1.807) is 6.07 Å². The zero-order chi connectivity index (χ0) is 15.3. The largest absolute Gasteiger partial charge is 0.416 e. The molecule has 1 fully saturated rings. The smallest absolute Gasteiger partial charge is 0.351 e. The number of hydrogen-bond donors (Lipinski definition) is 2. The minimum absolute atomic E-state index is 0.119. The van der Waals surface area contributed by atoms with Crippen molar-refractivity contribution in [3.05, 3.63) is 29.8 Å². The molecule has 1 atom stereocenters.